The lowest BCUT2D eigenvalue weighted by Crippen LogP contribution is -2.12. The second kappa shape index (κ2) is 3.21. The van der Waals surface area contributed by atoms with Crippen LogP contribution in [0, 0.1) is 0 Å². The van der Waals surface area contributed by atoms with Crippen LogP contribution in [0.1, 0.15) is 6.42 Å². The minimum absolute atomic E-state index is 0.482. The molecule has 54 valence electrons. The van der Waals surface area contributed by atoms with Gasteiger partial charge in [0.15, 0.2) is 0 Å². The first kappa shape index (κ1) is 7.07. The van der Waals surface area contributed by atoms with E-state index in [1.807, 2.05) is 0 Å². The summed E-state index contributed by atoms with van der Waals surface area (Å²) >= 11 is 4.66. The Bertz CT molecular complexity index is 205. The molecule has 0 atom stereocenters. The predicted octanol–water partition coefficient (Wildman–Crippen LogP) is -0.651. The number of thiocarbonyl (C=S) groups is 1. The van der Waals surface area contributed by atoms with E-state index in [0.717, 1.165) is 0 Å². The van der Waals surface area contributed by atoms with Crippen LogP contribution in [0.25, 0.3) is 0 Å². The normalized spacial score (nSPS) is 9.60. The third-order valence-corrected chi connectivity index (χ3v) is 1.18. The van der Waals surface area contributed by atoms with E-state index < -0.39 is 0 Å². The number of nitrogens with two attached hydrogens (primary N) is 1. The van der Waals surface area contributed by atoms with Gasteiger partial charge in [-0.3, -0.25) is 0 Å². The molecule has 0 aromatic carbocycles. The molecule has 2 N–H and O–H groups in total. The highest BCUT2D eigenvalue weighted by molar-refractivity contribution is 7.80. The first-order valence-electron chi connectivity index (χ1n) is 2.78. The van der Waals surface area contributed by atoms with E-state index in [2.05, 4.69) is 27.7 Å². The minimum Gasteiger partial charge on any atom is -0.393 e. The summed E-state index contributed by atoms with van der Waals surface area (Å²) in [5.41, 5.74) is 5.26. The van der Waals surface area contributed by atoms with Crippen LogP contribution in [0.4, 0.5) is 0 Å². The third-order valence-electron chi connectivity index (χ3n) is 0.979. The van der Waals surface area contributed by atoms with E-state index in [0.29, 0.717) is 18.0 Å². The van der Waals surface area contributed by atoms with Crippen molar-refractivity contribution in [1.82, 2.24) is 20.2 Å². The van der Waals surface area contributed by atoms with Gasteiger partial charge in [0.25, 0.3) is 0 Å². The molecule has 5 nitrogen and oxygen atoms in total. The van der Waals surface area contributed by atoms with E-state index in [4.69, 9.17) is 5.73 Å². The van der Waals surface area contributed by atoms with Crippen molar-refractivity contribution in [3.8, 4) is 0 Å². The molecule has 6 heteroatoms. The van der Waals surface area contributed by atoms with Crippen molar-refractivity contribution in [2.75, 3.05) is 0 Å². The highest BCUT2D eigenvalue weighted by atomic mass is 32.1. The lowest BCUT2D eigenvalue weighted by molar-refractivity contribution is 0.605. The van der Waals surface area contributed by atoms with E-state index >= 15 is 0 Å². The summed E-state index contributed by atoms with van der Waals surface area (Å²) in [6.45, 7) is 0.655. The van der Waals surface area contributed by atoms with E-state index in [1.165, 1.54) is 6.33 Å². The molecule has 0 aliphatic heterocycles. The van der Waals surface area contributed by atoms with Gasteiger partial charge in [0.05, 0.1) is 11.5 Å². The largest absolute Gasteiger partial charge is 0.393 e. The zero-order chi connectivity index (χ0) is 7.40. The molecular weight excluding hydrogens is 150 g/mol. The molecule has 1 aromatic heterocycles. The molecule has 0 spiro atoms. The van der Waals surface area contributed by atoms with Gasteiger partial charge < -0.3 is 5.73 Å². The molecule has 0 fully saturated rings. The first-order chi connectivity index (χ1) is 4.79. The average Bonchev–Trinajstić information content (AvgIpc) is 2.34. The fraction of sp³-hybridized carbons (Fsp3) is 0.500. The summed E-state index contributed by atoms with van der Waals surface area (Å²) in [6, 6.07) is 0. The Hall–Kier alpha value is -1.04. The van der Waals surface area contributed by atoms with Crippen LogP contribution in [0.3, 0.4) is 0 Å². The van der Waals surface area contributed by atoms with Gasteiger partial charge in [0.1, 0.15) is 6.33 Å². The molecule has 0 saturated heterocycles. The molecule has 0 unspecified atom stereocenters. The van der Waals surface area contributed by atoms with Crippen molar-refractivity contribution in [2.45, 2.75) is 13.0 Å². The summed E-state index contributed by atoms with van der Waals surface area (Å²) in [4.78, 5) is 0.482. The van der Waals surface area contributed by atoms with Gasteiger partial charge in [-0.25, -0.2) is 4.68 Å². The Morgan fingerprint density at radius 3 is 3.00 bits per heavy atom. The monoisotopic (exact) mass is 157 g/mol. The zero-order valence-corrected chi connectivity index (χ0v) is 6.08. The molecule has 0 aliphatic rings. The van der Waals surface area contributed by atoms with Crippen molar-refractivity contribution in [3.05, 3.63) is 6.33 Å². The quantitative estimate of drug-likeness (QED) is 0.590. The second-order valence-corrected chi connectivity index (χ2v) is 2.31. The Labute approximate surface area is 63.2 Å². The number of tetrazole rings is 1. The molecular formula is C4H7N5S. The van der Waals surface area contributed by atoms with Gasteiger partial charge >= 0.3 is 0 Å². The van der Waals surface area contributed by atoms with E-state index in [-0.39, 0.29) is 0 Å². The SMILES string of the molecule is NC(=S)CCn1cnnn1. The molecule has 1 rings (SSSR count). The van der Waals surface area contributed by atoms with Gasteiger partial charge in [-0.15, -0.1) is 5.10 Å². The van der Waals surface area contributed by atoms with Gasteiger partial charge in [0.2, 0.25) is 0 Å². The maximum atomic E-state index is 5.26. The van der Waals surface area contributed by atoms with Crippen molar-refractivity contribution >= 4 is 17.2 Å². The number of aryl methyl sites for hydroxylation is 1. The van der Waals surface area contributed by atoms with Crippen LogP contribution in [0.5, 0.6) is 0 Å². The number of nitrogens with zero attached hydrogens (tertiary/aromatic N) is 4. The number of hydrogen-bond acceptors (Lipinski definition) is 4. The maximum Gasteiger partial charge on any atom is 0.138 e. The van der Waals surface area contributed by atoms with Crippen LogP contribution >= 0.6 is 12.2 Å². The van der Waals surface area contributed by atoms with Crippen LogP contribution < -0.4 is 5.73 Å². The lowest BCUT2D eigenvalue weighted by Gasteiger charge is -1.94. The average molecular weight is 157 g/mol. The number of aromatic nitrogens is 4. The molecule has 1 heterocycles. The predicted molar refractivity (Wildman–Crippen MR) is 39.2 cm³/mol. The highest BCUT2D eigenvalue weighted by Gasteiger charge is 1.92. The van der Waals surface area contributed by atoms with Crippen LogP contribution in [0.2, 0.25) is 0 Å². The summed E-state index contributed by atoms with van der Waals surface area (Å²) in [5, 5.41) is 10.5. The number of rotatable bonds is 3. The second-order valence-electron chi connectivity index (χ2n) is 1.79. The molecule has 10 heavy (non-hydrogen) atoms. The van der Waals surface area contributed by atoms with Gasteiger partial charge in [-0.2, -0.15) is 0 Å². The van der Waals surface area contributed by atoms with Gasteiger partial charge in [-0.05, 0) is 10.4 Å². The van der Waals surface area contributed by atoms with Crippen molar-refractivity contribution in [1.29, 1.82) is 0 Å². The lowest BCUT2D eigenvalue weighted by atomic mass is 10.4. The molecule has 0 saturated carbocycles. The summed E-state index contributed by atoms with van der Waals surface area (Å²) < 4.78 is 1.58. The molecule has 0 aliphatic carbocycles. The van der Waals surface area contributed by atoms with Crippen LogP contribution in [-0.4, -0.2) is 25.2 Å². The zero-order valence-electron chi connectivity index (χ0n) is 5.27. The van der Waals surface area contributed by atoms with Crippen molar-refractivity contribution in [3.63, 3.8) is 0 Å². The summed E-state index contributed by atoms with van der Waals surface area (Å²) in [6.07, 6.45) is 2.17. The fourth-order valence-electron chi connectivity index (χ4n) is 0.507. The Morgan fingerprint density at radius 2 is 2.50 bits per heavy atom. The minimum atomic E-state index is 0.482. The van der Waals surface area contributed by atoms with Crippen LogP contribution in [-0.2, 0) is 6.54 Å². The van der Waals surface area contributed by atoms with E-state index in [1.54, 1.807) is 4.68 Å². The number of hydrogen-bond donors (Lipinski definition) is 1. The Kier molecular flexibility index (Phi) is 2.27. The molecule has 1 aromatic rings. The first-order valence-corrected chi connectivity index (χ1v) is 3.19. The van der Waals surface area contributed by atoms with Crippen molar-refractivity contribution in [2.24, 2.45) is 5.73 Å². The van der Waals surface area contributed by atoms with Gasteiger partial charge in [0, 0.05) is 6.42 Å². The fourth-order valence-corrected chi connectivity index (χ4v) is 0.599. The van der Waals surface area contributed by atoms with Crippen LogP contribution in [0.15, 0.2) is 6.33 Å². The standard InChI is InChI=1S/C4H7N5S/c5-4(10)1-2-9-3-6-7-8-9/h3H,1-2H2,(H2,5,10). The van der Waals surface area contributed by atoms with Gasteiger partial charge in [-0.1, -0.05) is 12.2 Å². The molecule has 0 bridgehead atoms. The summed E-state index contributed by atoms with van der Waals surface area (Å²) in [7, 11) is 0. The third kappa shape index (κ3) is 2.06. The highest BCUT2D eigenvalue weighted by Crippen LogP contribution is 1.84. The molecule has 0 radical (unpaired) electrons. The smallest absolute Gasteiger partial charge is 0.138 e. The molecule has 0 amide bonds. The Balaban J connectivity index is 2.35. The summed E-state index contributed by atoms with van der Waals surface area (Å²) in [5.74, 6) is 0. The Morgan fingerprint density at radius 1 is 1.70 bits per heavy atom. The maximum absolute atomic E-state index is 5.26. The van der Waals surface area contributed by atoms with Crippen molar-refractivity contribution < 1.29 is 0 Å². The van der Waals surface area contributed by atoms with E-state index in [9.17, 15) is 0 Å². The topological polar surface area (TPSA) is 69.6 Å².